The second-order valence-electron chi connectivity index (χ2n) is 24.3. The van der Waals surface area contributed by atoms with Crippen molar-refractivity contribution in [2.75, 3.05) is 54.8 Å². The SMILES string of the molecule is CN(c1ccccc1)c1cc(B2OC(C)(C)C(C)(C)O2)ccc1[N+](=O)[O-].CN(c1ccccc1)c1cc(Br)ccc1[N+](=O)[O-].COC(=O)N[C@H](C(=O)N1CCC[C@H]1c1ncc(-c2ccc([N+](=O)[O-])c(N(C)c3ccccc3)c2)[nH]1)C(C)C.O=[N+]([O-])c1ccc(Br)cc1Nc1ccccc1. The summed E-state index contributed by atoms with van der Waals surface area (Å²) in [5.41, 5.74) is 6.77. The second kappa shape index (κ2) is 33.1. The summed E-state index contributed by atoms with van der Waals surface area (Å²) in [4.78, 5) is 83.9. The molecule has 9 aromatic rings. The third kappa shape index (κ3) is 18.6. The molecule has 2 fully saturated rings. The molecule has 0 radical (unpaired) electrons. The second-order valence-corrected chi connectivity index (χ2v) is 26.1. The van der Waals surface area contributed by atoms with E-state index in [2.05, 4.69) is 52.5 Å². The Morgan fingerprint density at radius 3 is 1.53 bits per heavy atom. The number of nitrogens with zero attached hydrogens (tertiary/aromatic N) is 9. The highest BCUT2D eigenvalue weighted by atomic mass is 79.9. The zero-order valence-electron chi connectivity index (χ0n) is 56.1. The molecular formula is C71H75BBr2N12O13. The monoisotopic (exact) mass is 1470 g/mol. The third-order valence-electron chi connectivity index (χ3n) is 16.9. The summed E-state index contributed by atoms with van der Waals surface area (Å²) in [6.07, 6.45) is 2.56. The van der Waals surface area contributed by atoms with Gasteiger partial charge in [0.05, 0.1) is 55.9 Å². The highest BCUT2D eigenvalue weighted by molar-refractivity contribution is 9.10. The van der Waals surface area contributed by atoms with Gasteiger partial charge >= 0.3 is 13.2 Å². The molecule has 2 aliphatic rings. The van der Waals surface area contributed by atoms with E-state index >= 15 is 0 Å². The van der Waals surface area contributed by atoms with Crippen molar-refractivity contribution in [3.63, 3.8) is 0 Å². The maximum Gasteiger partial charge on any atom is 0.494 e. The number of aromatic nitrogens is 2. The van der Waals surface area contributed by atoms with Gasteiger partial charge in [0, 0.05) is 89.2 Å². The van der Waals surface area contributed by atoms with E-state index in [-0.39, 0.29) is 50.5 Å². The molecule has 2 aliphatic heterocycles. The van der Waals surface area contributed by atoms with Gasteiger partial charge in [0.15, 0.2) is 0 Å². The lowest BCUT2D eigenvalue weighted by Crippen LogP contribution is -2.51. The van der Waals surface area contributed by atoms with Crippen LogP contribution in [0.5, 0.6) is 0 Å². The number of benzene rings is 8. The van der Waals surface area contributed by atoms with E-state index in [9.17, 15) is 50.0 Å². The minimum atomic E-state index is -0.719. The molecule has 514 valence electrons. The summed E-state index contributed by atoms with van der Waals surface area (Å²) in [5.74, 6) is 0.311. The summed E-state index contributed by atoms with van der Waals surface area (Å²) in [6.45, 7) is 12.2. The molecule has 25 nitrogen and oxygen atoms in total. The zero-order valence-corrected chi connectivity index (χ0v) is 59.2. The van der Waals surface area contributed by atoms with Crippen molar-refractivity contribution < 1.29 is 43.3 Å². The first-order valence-corrected chi connectivity index (χ1v) is 32.9. The summed E-state index contributed by atoms with van der Waals surface area (Å²) in [5, 5.41) is 50.8. The number of nitro groups is 4. The minimum Gasteiger partial charge on any atom is -0.453 e. The number of amides is 2. The number of ether oxygens (including phenoxy) is 1. The number of halogens is 2. The molecule has 2 saturated heterocycles. The van der Waals surface area contributed by atoms with Crippen LogP contribution < -0.4 is 30.8 Å². The van der Waals surface area contributed by atoms with Crippen molar-refractivity contribution >= 4 is 125 Å². The van der Waals surface area contributed by atoms with Crippen LogP contribution in [0.1, 0.15) is 66.3 Å². The average Bonchev–Trinajstić information content (AvgIpc) is 1.62. The first kappa shape index (κ1) is 74.2. The molecule has 28 heteroatoms. The number of anilines is 8. The third-order valence-corrected chi connectivity index (χ3v) is 17.9. The molecular weight excluding hydrogens is 1400 g/mol. The Bertz CT molecular complexity index is 4300. The van der Waals surface area contributed by atoms with Crippen LogP contribution in [0.15, 0.2) is 209 Å². The standard InChI is InChI=1S/C27H32N6O5.C19H23BN2O4.C13H11BrN2O2.C12H9BrN2O2/c1-17(2)24(30-27(35)38-4)26(34)32-14-8-11-22(32)25-28-16-20(29-25)18-12-13-21(33(36)37)23(15-18)31(3)19-9-6-5-7-10-19;1-18(2)19(3,4)26-20(25-18)14-11-12-16(22(23)24)17(13-14)21(5)15-9-7-6-8-10-15;1-15(11-5-3-2-4-6-11)13-9-10(14)7-8-12(13)16(17)18;13-9-6-7-12(15(16)17)11(8-9)14-10-4-2-1-3-5-10/h5-7,9-10,12-13,15-17,22,24H,8,11,14H2,1-4H3,(H,28,29)(H,30,35);6-13H,1-5H3;2-9H,1H3;1-8,14H/t22-,24-;;;/m0.../s1. The first-order chi connectivity index (χ1) is 47.1. The van der Waals surface area contributed by atoms with Gasteiger partial charge in [-0.25, -0.2) is 9.78 Å². The normalized spacial score (nSPS) is 14.3. The van der Waals surface area contributed by atoms with E-state index < -0.39 is 40.3 Å². The number of hydrogen-bond donors (Lipinski definition) is 3. The molecule has 1 aromatic heterocycles. The highest BCUT2D eigenvalue weighted by Crippen LogP contribution is 2.41. The van der Waals surface area contributed by atoms with Gasteiger partial charge in [-0.2, -0.15) is 0 Å². The summed E-state index contributed by atoms with van der Waals surface area (Å²) >= 11 is 6.63. The van der Waals surface area contributed by atoms with Crippen LogP contribution in [0.2, 0.25) is 0 Å². The Labute approximate surface area is 590 Å². The van der Waals surface area contributed by atoms with Crippen molar-refractivity contribution in [2.24, 2.45) is 5.92 Å². The Balaban J connectivity index is 0.000000178. The number of alkyl carbamates (subject to hydrolysis) is 1. The molecule has 99 heavy (non-hydrogen) atoms. The average molecular weight is 1480 g/mol. The van der Waals surface area contributed by atoms with Crippen molar-refractivity contribution in [2.45, 2.75) is 77.7 Å². The summed E-state index contributed by atoms with van der Waals surface area (Å²) in [7, 11) is 6.11. The number of aromatic amines is 1. The lowest BCUT2D eigenvalue weighted by atomic mass is 9.78. The van der Waals surface area contributed by atoms with Gasteiger partial charge in [0.25, 0.3) is 22.7 Å². The number of carbonyl (C=O) groups excluding carboxylic acids is 2. The molecule has 3 N–H and O–H groups in total. The van der Waals surface area contributed by atoms with Gasteiger partial charge in [-0.05, 0) is 143 Å². The number of imidazole rings is 1. The van der Waals surface area contributed by atoms with Gasteiger partial charge in [-0.1, -0.05) is 125 Å². The van der Waals surface area contributed by atoms with Crippen LogP contribution in [0, 0.1) is 46.4 Å². The number of nitro benzene ring substituents is 4. The van der Waals surface area contributed by atoms with Gasteiger partial charge in [0.1, 0.15) is 34.6 Å². The molecule has 2 atom stereocenters. The fraction of sp³-hybridized carbons (Fsp3) is 0.254. The number of rotatable bonds is 18. The number of H-pyrrole nitrogens is 1. The highest BCUT2D eigenvalue weighted by Gasteiger charge is 2.52. The van der Waals surface area contributed by atoms with E-state index in [1.807, 2.05) is 177 Å². The quantitative estimate of drug-likeness (QED) is 0.0408. The topological polar surface area (TPSA) is 300 Å². The minimum absolute atomic E-state index is 0.00904. The number of likely N-dealkylation sites (tertiary alicyclic amines) is 1. The van der Waals surface area contributed by atoms with Gasteiger partial charge < -0.3 is 49.3 Å². The maximum absolute atomic E-state index is 13.4. The smallest absolute Gasteiger partial charge is 0.453 e. The molecule has 8 aromatic carbocycles. The van der Waals surface area contributed by atoms with E-state index in [1.165, 1.54) is 31.4 Å². The lowest BCUT2D eigenvalue weighted by molar-refractivity contribution is -0.384. The van der Waals surface area contributed by atoms with Crippen LogP contribution in [0.3, 0.4) is 0 Å². The predicted octanol–water partition coefficient (Wildman–Crippen LogP) is 16.7. The predicted molar refractivity (Wildman–Crippen MR) is 392 cm³/mol. The van der Waals surface area contributed by atoms with E-state index in [0.717, 1.165) is 55.6 Å². The van der Waals surface area contributed by atoms with Crippen molar-refractivity contribution in [1.82, 2.24) is 20.2 Å². The molecule has 11 rings (SSSR count). The summed E-state index contributed by atoms with van der Waals surface area (Å²) in [6, 6.07) is 56.4. The van der Waals surface area contributed by atoms with Crippen molar-refractivity contribution in [1.29, 1.82) is 0 Å². The molecule has 0 saturated carbocycles. The van der Waals surface area contributed by atoms with Crippen LogP contribution in [0.4, 0.5) is 73.0 Å². The van der Waals surface area contributed by atoms with Crippen LogP contribution >= 0.6 is 31.9 Å². The van der Waals surface area contributed by atoms with Crippen molar-refractivity contribution in [3.8, 4) is 11.3 Å². The van der Waals surface area contributed by atoms with E-state index in [0.29, 0.717) is 40.8 Å². The lowest BCUT2D eigenvalue weighted by Gasteiger charge is -2.32. The molecule has 0 spiro atoms. The summed E-state index contributed by atoms with van der Waals surface area (Å²) < 4.78 is 18.5. The number of carbonyl (C=O) groups is 2. The number of hydrogen-bond acceptors (Lipinski definition) is 18. The van der Waals surface area contributed by atoms with Crippen LogP contribution in [0.25, 0.3) is 11.3 Å². The molecule has 0 aliphatic carbocycles. The van der Waals surface area contributed by atoms with Crippen LogP contribution in [-0.2, 0) is 18.8 Å². The van der Waals surface area contributed by atoms with E-state index in [4.69, 9.17) is 14.0 Å². The molecule has 2 amide bonds. The number of nitrogens with one attached hydrogen (secondary N) is 3. The first-order valence-electron chi connectivity index (χ1n) is 31.3. The Hall–Kier alpha value is -10.5. The number of para-hydroxylation sites is 4. The Morgan fingerprint density at radius 2 is 1.05 bits per heavy atom. The fourth-order valence-corrected chi connectivity index (χ4v) is 11.5. The van der Waals surface area contributed by atoms with Gasteiger partial charge in [-0.3, -0.25) is 45.3 Å². The van der Waals surface area contributed by atoms with Crippen molar-refractivity contribution in [3.05, 3.63) is 256 Å². The van der Waals surface area contributed by atoms with Crippen LogP contribution in [-0.4, -0.2) is 106 Å². The van der Waals surface area contributed by atoms with E-state index in [1.54, 1.807) is 81.4 Å². The molecule has 0 bridgehead atoms. The zero-order chi connectivity index (χ0) is 71.9. The largest absolute Gasteiger partial charge is 0.494 e. The van der Waals surface area contributed by atoms with Gasteiger partial charge in [-0.15, -0.1) is 0 Å². The fourth-order valence-electron chi connectivity index (χ4n) is 10.8. The number of methoxy groups -OCH3 is 1. The molecule has 0 unspecified atom stereocenters. The Morgan fingerprint density at radius 1 is 0.616 bits per heavy atom. The Kier molecular flexibility index (Phi) is 24.9. The van der Waals surface area contributed by atoms with Gasteiger partial charge in [0.2, 0.25) is 5.91 Å². The molecule has 3 heterocycles. The maximum atomic E-state index is 13.4.